The van der Waals surface area contributed by atoms with Crippen LogP contribution in [0.2, 0.25) is 5.02 Å². The minimum absolute atomic E-state index is 0.402. The molecule has 0 spiro atoms. The molecule has 1 rings (SSSR count). The SMILES string of the molecule is CCC(CN)c1ccccc1Cl. The van der Waals surface area contributed by atoms with E-state index in [1.807, 2.05) is 24.3 Å². The van der Waals surface area contributed by atoms with E-state index in [9.17, 15) is 0 Å². The van der Waals surface area contributed by atoms with Crippen molar-refractivity contribution in [3.05, 3.63) is 34.9 Å². The van der Waals surface area contributed by atoms with E-state index < -0.39 is 0 Å². The highest BCUT2D eigenvalue weighted by Crippen LogP contribution is 2.25. The van der Waals surface area contributed by atoms with Gasteiger partial charge in [-0.3, -0.25) is 0 Å². The van der Waals surface area contributed by atoms with Gasteiger partial charge in [0.05, 0.1) is 0 Å². The predicted molar refractivity (Wildman–Crippen MR) is 53.5 cm³/mol. The first-order valence-electron chi connectivity index (χ1n) is 4.24. The van der Waals surface area contributed by atoms with E-state index in [1.165, 1.54) is 5.56 Å². The fraction of sp³-hybridized carbons (Fsp3) is 0.400. The van der Waals surface area contributed by atoms with E-state index in [-0.39, 0.29) is 0 Å². The van der Waals surface area contributed by atoms with Crippen molar-refractivity contribution in [2.45, 2.75) is 19.3 Å². The average Bonchev–Trinajstić information content (AvgIpc) is 2.10. The quantitative estimate of drug-likeness (QED) is 0.767. The summed E-state index contributed by atoms with van der Waals surface area (Å²) in [6.45, 7) is 2.79. The van der Waals surface area contributed by atoms with Crippen LogP contribution in [-0.4, -0.2) is 6.54 Å². The number of hydrogen-bond donors (Lipinski definition) is 1. The molecule has 2 N–H and O–H groups in total. The second kappa shape index (κ2) is 4.48. The molecule has 0 saturated heterocycles. The van der Waals surface area contributed by atoms with Gasteiger partial charge in [-0.15, -0.1) is 0 Å². The van der Waals surface area contributed by atoms with Gasteiger partial charge in [-0.2, -0.15) is 0 Å². The Morgan fingerprint density at radius 2 is 2.08 bits per heavy atom. The summed E-state index contributed by atoms with van der Waals surface area (Å²) in [5, 5.41) is 0.829. The van der Waals surface area contributed by atoms with Gasteiger partial charge < -0.3 is 5.73 Å². The molecule has 0 aliphatic carbocycles. The predicted octanol–water partition coefficient (Wildman–Crippen LogP) is 2.79. The summed E-state index contributed by atoms with van der Waals surface area (Å²) < 4.78 is 0. The van der Waals surface area contributed by atoms with Gasteiger partial charge in [0.25, 0.3) is 0 Å². The Balaban J connectivity index is 2.92. The molecular formula is C10H14ClN. The van der Waals surface area contributed by atoms with Crippen molar-refractivity contribution in [1.82, 2.24) is 0 Å². The highest BCUT2D eigenvalue weighted by Gasteiger charge is 2.09. The smallest absolute Gasteiger partial charge is 0.0441 e. The minimum Gasteiger partial charge on any atom is -0.330 e. The van der Waals surface area contributed by atoms with Gasteiger partial charge in [0.1, 0.15) is 0 Å². The topological polar surface area (TPSA) is 26.0 Å². The van der Waals surface area contributed by atoms with Gasteiger partial charge in [0, 0.05) is 5.02 Å². The van der Waals surface area contributed by atoms with E-state index in [1.54, 1.807) is 0 Å². The summed E-state index contributed by atoms with van der Waals surface area (Å²) >= 11 is 6.02. The zero-order valence-electron chi connectivity index (χ0n) is 7.26. The Hall–Kier alpha value is -0.530. The Labute approximate surface area is 78.5 Å². The summed E-state index contributed by atoms with van der Waals surface area (Å²) in [6.07, 6.45) is 1.04. The van der Waals surface area contributed by atoms with Crippen LogP contribution in [0.25, 0.3) is 0 Å². The van der Waals surface area contributed by atoms with E-state index in [4.69, 9.17) is 17.3 Å². The third kappa shape index (κ3) is 1.99. The Kier molecular flexibility index (Phi) is 3.57. The molecule has 1 nitrogen and oxygen atoms in total. The lowest BCUT2D eigenvalue weighted by molar-refractivity contribution is 0.674. The van der Waals surface area contributed by atoms with Crippen molar-refractivity contribution in [2.24, 2.45) is 5.73 Å². The maximum absolute atomic E-state index is 6.02. The standard InChI is InChI=1S/C10H14ClN/c1-2-8(7-12)9-5-3-4-6-10(9)11/h3-6,8H,2,7,12H2,1H3. The molecule has 1 unspecified atom stereocenters. The van der Waals surface area contributed by atoms with Crippen molar-refractivity contribution < 1.29 is 0 Å². The molecule has 0 fully saturated rings. The fourth-order valence-corrected chi connectivity index (χ4v) is 1.61. The molecule has 0 heterocycles. The monoisotopic (exact) mass is 183 g/mol. The van der Waals surface area contributed by atoms with Crippen LogP contribution < -0.4 is 5.73 Å². The van der Waals surface area contributed by atoms with Gasteiger partial charge in [0.15, 0.2) is 0 Å². The molecule has 12 heavy (non-hydrogen) atoms. The minimum atomic E-state index is 0.402. The van der Waals surface area contributed by atoms with E-state index in [0.29, 0.717) is 12.5 Å². The first kappa shape index (κ1) is 9.56. The van der Waals surface area contributed by atoms with E-state index in [0.717, 1.165) is 11.4 Å². The normalized spacial score (nSPS) is 12.9. The van der Waals surface area contributed by atoms with Crippen LogP contribution in [0, 0.1) is 0 Å². The van der Waals surface area contributed by atoms with E-state index >= 15 is 0 Å². The van der Waals surface area contributed by atoms with Gasteiger partial charge in [-0.1, -0.05) is 36.7 Å². The Bertz CT molecular complexity index is 243. The highest BCUT2D eigenvalue weighted by atomic mass is 35.5. The molecule has 2 heteroatoms. The Morgan fingerprint density at radius 3 is 2.58 bits per heavy atom. The second-order valence-electron chi connectivity index (χ2n) is 2.86. The molecule has 66 valence electrons. The largest absolute Gasteiger partial charge is 0.330 e. The van der Waals surface area contributed by atoms with Crippen molar-refractivity contribution in [2.75, 3.05) is 6.54 Å². The van der Waals surface area contributed by atoms with Gasteiger partial charge in [-0.25, -0.2) is 0 Å². The first-order chi connectivity index (χ1) is 5.79. The molecule has 0 saturated carbocycles. The van der Waals surface area contributed by atoms with E-state index in [2.05, 4.69) is 6.92 Å². The van der Waals surface area contributed by atoms with Crippen molar-refractivity contribution in [3.63, 3.8) is 0 Å². The molecular weight excluding hydrogens is 170 g/mol. The zero-order valence-corrected chi connectivity index (χ0v) is 8.01. The number of hydrogen-bond acceptors (Lipinski definition) is 1. The maximum atomic E-state index is 6.02. The number of halogens is 1. The summed E-state index contributed by atoms with van der Waals surface area (Å²) in [7, 11) is 0. The molecule has 1 aromatic rings. The summed E-state index contributed by atoms with van der Waals surface area (Å²) in [6, 6.07) is 7.90. The van der Waals surface area contributed by atoms with Crippen molar-refractivity contribution >= 4 is 11.6 Å². The van der Waals surface area contributed by atoms with Crippen LogP contribution in [0.3, 0.4) is 0 Å². The molecule has 0 amide bonds. The third-order valence-electron chi connectivity index (χ3n) is 2.12. The molecule has 0 aliphatic rings. The Morgan fingerprint density at radius 1 is 1.42 bits per heavy atom. The molecule has 0 radical (unpaired) electrons. The van der Waals surface area contributed by atoms with Gasteiger partial charge in [0.2, 0.25) is 0 Å². The van der Waals surface area contributed by atoms with Crippen LogP contribution in [0.4, 0.5) is 0 Å². The summed E-state index contributed by atoms with van der Waals surface area (Å²) in [5.41, 5.74) is 6.80. The fourth-order valence-electron chi connectivity index (χ4n) is 1.32. The van der Waals surface area contributed by atoms with Crippen molar-refractivity contribution in [1.29, 1.82) is 0 Å². The average molecular weight is 184 g/mol. The second-order valence-corrected chi connectivity index (χ2v) is 3.27. The third-order valence-corrected chi connectivity index (χ3v) is 2.47. The van der Waals surface area contributed by atoms with Crippen LogP contribution >= 0.6 is 11.6 Å². The van der Waals surface area contributed by atoms with Crippen LogP contribution in [0.15, 0.2) is 24.3 Å². The van der Waals surface area contributed by atoms with Crippen molar-refractivity contribution in [3.8, 4) is 0 Å². The summed E-state index contributed by atoms with van der Waals surface area (Å²) in [5.74, 6) is 0.402. The number of nitrogens with two attached hydrogens (primary N) is 1. The van der Waals surface area contributed by atoms with Crippen LogP contribution in [0.1, 0.15) is 24.8 Å². The first-order valence-corrected chi connectivity index (χ1v) is 4.61. The molecule has 0 aliphatic heterocycles. The van der Waals surface area contributed by atoms with Crippen LogP contribution in [0.5, 0.6) is 0 Å². The molecule has 1 atom stereocenters. The highest BCUT2D eigenvalue weighted by molar-refractivity contribution is 6.31. The number of benzene rings is 1. The lowest BCUT2D eigenvalue weighted by atomic mass is 9.97. The van der Waals surface area contributed by atoms with Gasteiger partial charge in [-0.05, 0) is 30.5 Å². The van der Waals surface area contributed by atoms with Crippen LogP contribution in [-0.2, 0) is 0 Å². The van der Waals surface area contributed by atoms with Gasteiger partial charge >= 0.3 is 0 Å². The lowest BCUT2D eigenvalue weighted by Crippen LogP contribution is -2.11. The summed E-state index contributed by atoms with van der Waals surface area (Å²) in [4.78, 5) is 0. The zero-order chi connectivity index (χ0) is 8.97. The number of rotatable bonds is 3. The molecule has 1 aromatic carbocycles. The maximum Gasteiger partial charge on any atom is 0.0441 e. The molecule has 0 aromatic heterocycles. The lowest BCUT2D eigenvalue weighted by Gasteiger charge is -2.13. The molecule has 0 bridgehead atoms.